The molecule has 0 spiro atoms. The molecule has 0 saturated carbocycles. The van der Waals surface area contributed by atoms with E-state index in [-0.39, 0.29) is 24.3 Å². The summed E-state index contributed by atoms with van der Waals surface area (Å²) in [7, 11) is 0. The molecule has 1 aliphatic rings. The van der Waals surface area contributed by atoms with E-state index >= 15 is 0 Å². The van der Waals surface area contributed by atoms with Gasteiger partial charge in [0, 0.05) is 19.6 Å². The zero-order chi connectivity index (χ0) is 21.7. The van der Waals surface area contributed by atoms with Crippen LogP contribution in [0.25, 0.3) is 0 Å². The number of hydrogen-bond donors (Lipinski definition) is 1. The predicted octanol–water partition coefficient (Wildman–Crippen LogP) is 4.40. The summed E-state index contributed by atoms with van der Waals surface area (Å²) >= 11 is 0. The Hall–Kier alpha value is -2.25. The lowest BCUT2D eigenvalue weighted by Crippen LogP contribution is -2.43. The first-order valence-electron chi connectivity index (χ1n) is 9.85. The number of carbonyl (C=O) groups is 2. The fourth-order valence-corrected chi connectivity index (χ4v) is 3.27. The van der Waals surface area contributed by atoms with Gasteiger partial charge in [-0.15, -0.1) is 0 Å². The van der Waals surface area contributed by atoms with Crippen LogP contribution < -0.4 is 5.32 Å². The molecule has 1 atom stereocenters. The minimum absolute atomic E-state index is 0.0346. The molecule has 2 amide bonds. The Bertz CT molecular complexity index is 697. The zero-order valence-electron chi connectivity index (χ0n) is 17.1. The quantitative estimate of drug-likeness (QED) is 0.777. The highest BCUT2D eigenvalue weighted by Crippen LogP contribution is 2.29. The first kappa shape index (κ1) is 23.0. The number of amides is 2. The molecule has 1 aromatic rings. The maximum absolute atomic E-state index is 12.6. The number of halogens is 3. The number of carbonyl (C=O) groups excluding carboxylic acids is 2. The third-order valence-electron chi connectivity index (χ3n) is 4.69. The van der Waals surface area contributed by atoms with Crippen LogP contribution in [0.5, 0.6) is 0 Å². The van der Waals surface area contributed by atoms with Gasteiger partial charge in [-0.05, 0) is 63.6 Å². The van der Waals surface area contributed by atoms with Gasteiger partial charge in [-0.1, -0.05) is 12.1 Å². The highest BCUT2D eigenvalue weighted by atomic mass is 19.4. The maximum Gasteiger partial charge on any atom is 0.416 e. The van der Waals surface area contributed by atoms with Crippen molar-refractivity contribution in [3.05, 3.63) is 35.4 Å². The molecule has 1 unspecified atom stereocenters. The van der Waals surface area contributed by atoms with Crippen molar-refractivity contribution < 1.29 is 27.5 Å². The van der Waals surface area contributed by atoms with Crippen molar-refractivity contribution in [2.75, 3.05) is 19.6 Å². The van der Waals surface area contributed by atoms with Crippen LogP contribution in [0.15, 0.2) is 24.3 Å². The van der Waals surface area contributed by atoms with Gasteiger partial charge in [0.25, 0.3) is 0 Å². The van der Waals surface area contributed by atoms with E-state index in [1.54, 1.807) is 4.90 Å². The van der Waals surface area contributed by atoms with E-state index < -0.39 is 17.3 Å². The number of hydrogen-bond acceptors (Lipinski definition) is 3. The smallest absolute Gasteiger partial charge is 0.416 e. The normalized spacial score (nSPS) is 17.7. The highest BCUT2D eigenvalue weighted by molar-refractivity contribution is 5.78. The van der Waals surface area contributed by atoms with E-state index in [0.717, 1.165) is 31.4 Å². The standard InChI is InChI=1S/C21H29F3N2O3/c1-20(2,3)29-19(28)26-12-4-5-16(14-26)10-11-25-18(27)13-15-6-8-17(9-7-15)21(22,23)24/h6-9,16H,4-5,10-14H2,1-3H3,(H,25,27). The molecule has 1 aliphatic heterocycles. The fraction of sp³-hybridized carbons (Fsp3) is 0.619. The summed E-state index contributed by atoms with van der Waals surface area (Å²) in [6, 6.07) is 4.61. The fourth-order valence-electron chi connectivity index (χ4n) is 3.27. The van der Waals surface area contributed by atoms with Gasteiger partial charge in [-0.2, -0.15) is 13.2 Å². The van der Waals surface area contributed by atoms with Crippen molar-refractivity contribution in [3.63, 3.8) is 0 Å². The second-order valence-corrected chi connectivity index (χ2v) is 8.44. The average molecular weight is 414 g/mol. The van der Waals surface area contributed by atoms with Crippen LogP contribution in [0.3, 0.4) is 0 Å². The van der Waals surface area contributed by atoms with Crippen LogP contribution in [-0.2, 0) is 22.1 Å². The van der Waals surface area contributed by atoms with Crippen molar-refractivity contribution in [1.82, 2.24) is 10.2 Å². The molecule has 1 N–H and O–H groups in total. The van der Waals surface area contributed by atoms with E-state index in [1.165, 1.54) is 12.1 Å². The molecular formula is C21H29F3N2O3. The Morgan fingerprint density at radius 1 is 1.17 bits per heavy atom. The zero-order valence-corrected chi connectivity index (χ0v) is 17.1. The Morgan fingerprint density at radius 3 is 2.41 bits per heavy atom. The minimum Gasteiger partial charge on any atom is -0.444 e. The molecule has 0 bridgehead atoms. The molecule has 1 fully saturated rings. The van der Waals surface area contributed by atoms with Gasteiger partial charge < -0.3 is 15.0 Å². The number of piperidine rings is 1. The van der Waals surface area contributed by atoms with Gasteiger partial charge >= 0.3 is 12.3 Å². The predicted molar refractivity (Wildman–Crippen MR) is 103 cm³/mol. The SMILES string of the molecule is CC(C)(C)OC(=O)N1CCCC(CCNC(=O)Cc2ccc(C(F)(F)F)cc2)C1. The van der Waals surface area contributed by atoms with Crippen LogP contribution in [0.1, 0.15) is 51.2 Å². The minimum atomic E-state index is -4.38. The summed E-state index contributed by atoms with van der Waals surface area (Å²) in [5, 5.41) is 2.81. The van der Waals surface area contributed by atoms with Gasteiger partial charge in [0.2, 0.25) is 5.91 Å². The molecule has 1 aromatic carbocycles. The summed E-state index contributed by atoms with van der Waals surface area (Å²) in [6.07, 6.45) is -2.05. The van der Waals surface area contributed by atoms with Crippen LogP contribution in [-0.4, -0.2) is 42.1 Å². The van der Waals surface area contributed by atoms with E-state index in [1.807, 2.05) is 20.8 Å². The van der Waals surface area contributed by atoms with Crippen molar-refractivity contribution in [2.24, 2.45) is 5.92 Å². The first-order chi connectivity index (χ1) is 13.4. The second-order valence-electron chi connectivity index (χ2n) is 8.44. The number of likely N-dealkylation sites (tertiary alicyclic amines) is 1. The lowest BCUT2D eigenvalue weighted by Gasteiger charge is -2.34. The van der Waals surface area contributed by atoms with Gasteiger partial charge in [-0.25, -0.2) is 4.79 Å². The molecular weight excluding hydrogens is 385 g/mol. The van der Waals surface area contributed by atoms with Crippen LogP contribution in [0.4, 0.5) is 18.0 Å². The maximum atomic E-state index is 12.6. The molecule has 162 valence electrons. The molecule has 8 heteroatoms. The van der Waals surface area contributed by atoms with E-state index in [0.29, 0.717) is 25.2 Å². The summed E-state index contributed by atoms with van der Waals surface area (Å²) in [5.74, 6) is 0.0483. The third-order valence-corrected chi connectivity index (χ3v) is 4.69. The van der Waals surface area contributed by atoms with Gasteiger partial charge in [-0.3, -0.25) is 4.79 Å². The molecule has 1 heterocycles. The Morgan fingerprint density at radius 2 is 1.83 bits per heavy atom. The Labute approximate surface area is 169 Å². The monoisotopic (exact) mass is 414 g/mol. The number of nitrogens with one attached hydrogen (secondary N) is 1. The lowest BCUT2D eigenvalue weighted by molar-refractivity contribution is -0.137. The van der Waals surface area contributed by atoms with Crippen molar-refractivity contribution >= 4 is 12.0 Å². The molecule has 1 saturated heterocycles. The largest absolute Gasteiger partial charge is 0.444 e. The number of nitrogens with zero attached hydrogens (tertiary/aromatic N) is 1. The lowest BCUT2D eigenvalue weighted by atomic mass is 9.95. The third kappa shape index (κ3) is 7.95. The second kappa shape index (κ2) is 9.50. The van der Waals surface area contributed by atoms with Crippen LogP contribution >= 0.6 is 0 Å². The van der Waals surface area contributed by atoms with Crippen molar-refractivity contribution in [2.45, 2.75) is 58.2 Å². The van der Waals surface area contributed by atoms with Crippen molar-refractivity contribution in [1.29, 1.82) is 0 Å². The van der Waals surface area contributed by atoms with Crippen LogP contribution in [0, 0.1) is 5.92 Å². The first-order valence-corrected chi connectivity index (χ1v) is 9.85. The summed E-state index contributed by atoms with van der Waals surface area (Å²) < 4.78 is 43.1. The van der Waals surface area contributed by atoms with Gasteiger partial charge in [0.05, 0.1) is 12.0 Å². The molecule has 2 rings (SSSR count). The molecule has 29 heavy (non-hydrogen) atoms. The van der Waals surface area contributed by atoms with Gasteiger partial charge in [0.15, 0.2) is 0 Å². The molecule has 5 nitrogen and oxygen atoms in total. The average Bonchev–Trinajstić information content (AvgIpc) is 2.60. The molecule has 0 aromatic heterocycles. The van der Waals surface area contributed by atoms with E-state index in [4.69, 9.17) is 4.74 Å². The topological polar surface area (TPSA) is 58.6 Å². The number of ether oxygens (including phenoxy) is 1. The summed E-state index contributed by atoms with van der Waals surface area (Å²) in [6.45, 7) is 7.23. The summed E-state index contributed by atoms with van der Waals surface area (Å²) in [5.41, 5.74) is -0.728. The number of benzene rings is 1. The van der Waals surface area contributed by atoms with E-state index in [9.17, 15) is 22.8 Å². The van der Waals surface area contributed by atoms with Gasteiger partial charge in [0.1, 0.15) is 5.60 Å². The molecule has 0 radical (unpaired) electrons. The Kier molecular flexibility index (Phi) is 7.54. The van der Waals surface area contributed by atoms with Crippen molar-refractivity contribution in [3.8, 4) is 0 Å². The highest BCUT2D eigenvalue weighted by Gasteiger charge is 2.30. The Balaban J connectivity index is 1.73. The number of rotatable bonds is 5. The number of alkyl halides is 3. The summed E-state index contributed by atoms with van der Waals surface area (Å²) in [4.78, 5) is 26.0. The van der Waals surface area contributed by atoms with Crippen LogP contribution in [0.2, 0.25) is 0 Å². The van der Waals surface area contributed by atoms with E-state index in [2.05, 4.69) is 5.32 Å². The molecule has 0 aliphatic carbocycles.